The van der Waals surface area contributed by atoms with Gasteiger partial charge in [-0.3, -0.25) is 4.79 Å². The maximum absolute atomic E-state index is 12.3. The maximum atomic E-state index is 12.3. The Bertz CT molecular complexity index is 631. The molecule has 0 atom stereocenters. The Morgan fingerprint density at radius 1 is 1.19 bits per heavy atom. The minimum atomic E-state index is 0.0793. The lowest BCUT2D eigenvalue weighted by Crippen LogP contribution is -2.48. The second-order valence-electron chi connectivity index (χ2n) is 4.96. The first-order valence-electron chi connectivity index (χ1n) is 6.81. The summed E-state index contributed by atoms with van der Waals surface area (Å²) < 4.78 is 0. The predicted molar refractivity (Wildman–Crippen MR) is 83.6 cm³/mol. The summed E-state index contributed by atoms with van der Waals surface area (Å²) in [5, 5.41) is 0.921. The normalized spacial score (nSPS) is 15.3. The van der Waals surface area contributed by atoms with Gasteiger partial charge in [-0.25, -0.2) is 9.97 Å². The molecular weight excluding hydrogens is 286 g/mol. The molecule has 2 aromatic rings. The quantitative estimate of drug-likeness (QED) is 0.907. The van der Waals surface area contributed by atoms with Gasteiger partial charge in [-0.2, -0.15) is 0 Å². The van der Waals surface area contributed by atoms with Gasteiger partial charge in [-0.1, -0.05) is 0 Å². The Kier molecular flexibility index (Phi) is 3.74. The van der Waals surface area contributed by atoms with Crippen LogP contribution < -0.4 is 10.6 Å². The number of rotatable bonds is 2. The standard InChI is InChI=1S/C14H17N5OS/c1-10-16-9-12(21-10)14(20)19-6-4-18(5-7-19)11-2-3-13(15)17-8-11/h2-3,8-9H,4-7H2,1H3,(H2,15,17). The largest absolute Gasteiger partial charge is 0.384 e. The van der Waals surface area contributed by atoms with Crippen molar-refractivity contribution in [2.24, 2.45) is 0 Å². The number of pyridine rings is 1. The van der Waals surface area contributed by atoms with Crippen molar-refractivity contribution >= 4 is 28.7 Å². The zero-order chi connectivity index (χ0) is 14.8. The van der Waals surface area contributed by atoms with Gasteiger partial charge in [-0.15, -0.1) is 11.3 Å². The molecule has 1 amide bonds. The highest BCUT2D eigenvalue weighted by molar-refractivity contribution is 7.13. The smallest absolute Gasteiger partial charge is 0.265 e. The fourth-order valence-electron chi connectivity index (χ4n) is 2.37. The van der Waals surface area contributed by atoms with E-state index in [1.807, 2.05) is 17.9 Å². The van der Waals surface area contributed by atoms with Gasteiger partial charge in [0.2, 0.25) is 0 Å². The highest BCUT2D eigenvalue weighted by Gasteiger charge is 2.23. The first-order valence-corrected chi connectivity index (χ1v) is 7.63. The number of hydrogen-bond donors (Lipinski definition) is 1. The van der Waals surface area contributed by atoms with Crippen molar-refractivity contribution in [1.82, 2.24) is 14.9 Å². The van der Waals surface area contributed by atoms with E-state index < -0.39 is 0 Å². The number of nitrogens with zero attached hydrogens (tertiary/aromatic N) is 4. The van der Waals surface area contributed by atoms with Crippen LogP contribution in [0.5, 0.6) is 0 Å². The van der Waals surface area contributed by atoms with E-state index in [0.29, 0.717) is 18.9 Å². The van der Waals surface area contributed by atoms with Crippen molar-refractivity contribution in [2.45, 2.75) is 6.92 Å². The fraction of sp³-hybridized carbons (Fsp3) is 0.357. The molecule has 1 aliphatic heterocycles. The van der Waals surface area contributed by atoms with Crippen LogP contribution in [0.4, 0.5) is 11.5 Å². The number of thiazole rings is 1. The number of aromatic nitrogens is 2. The maximum Gasteiger partial charge on any atom is 0.265 e. The number of hydrogen-bond acceptors (Lipinski definition) is 6. The second kappa shape index (κ2) is 5.69. The zero-order valence-corrected chi connectivity index (χ0v) is 12.6. The SMILES string of the molecule is Cc1ncc(C(=O)N2CCN(c3ccc(N)nc3)CC2)s1. The van der Waals surface area contributed by atoms with Crippen molar-refractivity contribution in [2.75, 3.05) is 36.8 Å². The van der Waals surface area contributed by atoms with Gasteiger partial charge < -0.3 is 15.5 Å². The molecule has 3 heterocycles. The van der Waals surface area contributed by atoms with Gasteiger partial charge in [-0.05, 0) is 19.1 Å². The molecule has 3 rings (SSSR count). The number of amides is 1. The fourth-order valence-corrected chi connectivity index (χ4v) is 3.11. The van der Waals surface area contributed by atoms with Gasteiger partial charge in [0.15, 0.2) is 0 Å². The van der Waals surface area contributed by atoms with Crippen LogP contribution in [-0.2, 0) is 0 Å². The number of carbonyl (C=O) groups is 1. The summed E-state index contributed by atoms with van der Waals surface area (Å²) in [6.07, 6.45) is 3.44. The molecule has 110 valence electrons. The molecule has 7 heteroatoms. The van der Waals surface area contributed by atoms with E-state index in [0.717, 1.165) is 28.7 Å². The number of piperazine rings is 1. The summed E-state index contributed by atoms with van der Waals surface area (Å²) >= 11 is 1.45. The number of carbonyl (C=O) groups excluding carboxylic acids is 1. The number of nitrogen functional groups attached to an aromatic ring is 1. The van der Waals surface area contributed by atoms with Gasteiger partial charge in [0.1, 0.15) is 10.7 Å². The monoisotopic (exact) mass is 303 g/mol. The van der Waals surface area contributed by atoms with Gasteiger partial charge in [0.05, 0.1) is 23.1 Å². The average molecular weight is 303 g/mol. The zero-order valence-electron chi connectivity index (χ0n) is 11.8. The lowest BCUT2D eigenvalue weighted by Gasteiger charge is -2.35. The van der Waals surface area contributed by atoms with E-state index in [2.05, 4.69) is 14.9 Å². The molecule has 0 spiro atoms. The number of anilines is 2. The molecule has 0 aromatic carbocycles. The van der Waals surface area contributed by atoms with Crippen molar-refractivity contribution in [3.8, 4) is 0 Å². The highest BCUT2D eigenvalue weighted by Crippen LogP contribution is 2.19. The van der Waals surface area contributed by atoms with Crippen LogP contribution in [0.3, 0.4) is 0 Å². The topological polar surface area (TPSA) is 75.4 Å². The van der Waals surface area contributed by atoms with Crippen LogP contribution in [-0.4, -0.2) is 47.0 Å². The molecule has 0 saturated carbocycles. The molecule has 1 fully saturated rings. The molecule has 6 nitrogen and oxygen atoms in total. The average Bonchev–Trinajstić information content (AvgIpc) is 2.94. The molecule has 1 saturated heterocycles. The molecule has 2 aromatic heterocycles. The van der Waals surface area contributed by atoms with Crippen LogP contribution in [0.15, 0.2) is 24.5 Å². The van der Waals surface area contributed by atoms with Crippen LogP contribution in [0, 0.1) is 6.92 Å². The van der Waals surface area contributed by atoms with Crippen molar-refractivity contribution < 1.29 is 4.79 Å². The summed E-state index contributed by atoms with van der Waals surface area (Å²) in [7, 11) is 0. The number of nitrogens with two attached hydrogens (primary N) is 1. The molecule has 0 radical (unpaired) electrons. The third-order valence-corrected chi connectivity index (χ3v) is 4.44. The molecule has 0 aliphatic carbocycles. The van der Waals surface area contributed by atoms with Crippen molar-refractivity contribution in [3.63, 3.8) is 0 Å². The lowest BCUT2D eigenvalue weighted by molar-refractivity contribution is 0.0751. The molecule has 2 N–H and O–H groups in total. The molecule has 0 unspecified atom stereocenters. The first kappa shape index (κ1) is 13.8. The summed E-state index contributed by atoms with van der Waals surface area (Å²) in [6, 6.07) is 3.76. The van der Waals surface area contributed by atoms with E-state index >= 15 is 0 Å². The third-order valence-electron chi connectivity index (χ3n) is 3.53. The Morgan fingerprint density at radius 3 is 2.52 bits per heavy atom. The second-order valence-corrected chi connectivity index (χ2v) is 6.20. The summed E-state index contributed by atoms with van der Waals surface area (Å²) in [6.45, 7) is 4.93. The third kappa shape index (κ3) is 2.97. The molecular formula is C14H17N5OS. The van der Waals surface area contributed by atoms with E-state index in [-0.39, 0.29) is 5.91 Å². The molecule has 21 heavy (non-hydrogen) atoms. The van der Waals surface area contributed by atoms with E-state index in [1.54, 1.807) is 18.5 Å². The van der Waals surface area contributed by atoms with Crippen molar-refractivity contribution in [1.29, 1.82) is 0 Å². The Morgan fingerprint density at radius 2 is 1.95 bits per heavy atom. The van der Waals surface area contributed by atoms with E-state index in [1.165, 1.54) is 11.3 Å². The Balaban J connectivity index is 1.62. The first-order chi connectivity index (χ1) is 10.1. The van der Waals surface area contributed by atoms with Crippen LogP contribution in [0.1, 0.15) is 14.7 Å². The predicted octanol–water partition coefficient (Wildman–Crippen LogP) is 1.39. The summed E-state index contributed by atoms with van der Waals surface area (Å²) in [4.78, 5) is 25.4. The lowest BCUT2D eigenvalue weighted by atomic mass is 10.2. The van der Waals surface area contributed by atoms with E-state index in [4.69, 9.17) is 5.73 Å². The van der Waals surface area contributed by atoms with Gasteiger partial charge >= 0.3 is 0 Å². The molecule has 1 aliphatic rings. The molecule has 0 bridgehead atoms. The Hall–Kier alpha value is -2.15. The van der Waals surface area contributed by atoms with E-state index in [9.17, 15) is 4.79 Å². The summed E-state index contributed by atoms with van der Waals surface area (Å²) in [5.74, 6) is 0.601. The van der Waals surface area contributed by atoms with Gasteiger partial charge in [0, 0.05) is 26.2 Å². The minimum absolute atomic E-state index is 0.0793. The van der Waals surface area contributed by atoms with Crippen LogP contribution >= 0.6 is 11.3 Å². The van der Waals surface area contributed by atoms with Crippen molar-refractivity contribution in [3.05, 3.63) is 34.4 Å². The minimum Gasteiger partial charge on any atom is -0.384 e. The summed E-state index contributed by atoms with van der Waals surface area (Å²) in [5.41, 5.74) is 6.64. The Labute approximate surface area is 127 Å². The van der Waals surface area contributed by atoms with Gasteiger partial charge in [0.25, 0.3) is 5.91 Å². The van der Waals surface area contributed by atoms with Crippen LogP contribution in [0.25, 0.3) is 0 Å². The number of aryl methyl sites for hydroxylation is 1. The van der Waals surface area contributed by atoms with Crippen LogP contribution in [0.2, 0.25) is 0 Å². The highest BCUT2D eigenvalue weighted by atomic mass is 32.1.